The van der Waals surface area contributed by atoms with E-state index in [4.69, 9.17) is 0 Å². The average Bonchev–Trinajstić information content (AvgIpc) is 3.22. The molecule has 114 valence electrons. The van der Waals surface area contributed by atoms with Crippen molar-refractivity contribution in [3.8, 4) is 11.1 Å². The third-order valence-electron chi connectivity index (χ3n) is 4.69. The number of aromatic nitrogens is 2. The fourth-order valence-electron chi connectivity index (χ4n) is 3.49. The third kappa shape index (κ3) is 1.75. The topological polar surface area (TPSA) is 48.6 Å². The smallest absolute Gasteiger partial charge is 0.152 e. The van der Waals surface area contributed by atoms with E-state index < -0.39 is 0 Å². The molecule has 0 aliphatic carbocycles. The number of carbonyl (C=O) groups excluding carboxylic acids is 1. The van der Waals surface area contributed by atoms with E-state index in [2.05, 4.69) is 58.5 Å². The molecule has 3 heteroatoms. The van der Waals surface area contributed by atoms with Gasteiger partial charge in [0.1, 0.15) is 0 Å². The Morgan fingerprint density at radius 3 is 2.42 bits per heavy atom. The van der Waals surface area contributed by atoms with Crippen LogP contribution in [-0.4, -0.2) is 16.3 Å². The van der Waals surface area contributed by atoms with Gasteiger partial charge in [-0.2, -0.15) is 0 Å². The predicted molar refractivity (Wildman–Crippen MR) is 98.5 cm³/mol. The number of carbonyl (C=O) groups is 1. The highest BCUT2D eigenvalue weighted by Gasteiger charge is 2.11. The van der Waals surface area contributed by atoms with Gasteiger partial charge in [-0.1, -0.05) is 48.5 Å². The summed E-state index contributed by atoms with van der Waals surface area (Å²) in [5, 5.41) is 3.30. The first kappa shape index (κ1) is 13.1. The molecule has 0 unspecified atom stereocenters. The molecule has 0 bridgehead atoms. The lowest BCUT2D eigenvalue weighted by Gasteiger charge is -2.01. The molecule has 3 aromatic carbocycles. The van der Waals surface area contributed by atoms with Gasteiger partial charge in [0, 0.05) is 33.4 Å². The minimum atomic E-state index is 0.690. The number of H-pyrrole nitrogens is 2. The number of benzene rings is 3. The molecule has 0 amide bonds. The lowest BCUT2D eigenvalue weighted by molar-refractivity contribution is 0.112. The zero-order valence-electron chi connectivity index (χ0n) is 12.8. The Balaban J connectivity index is 1.83. The van der Waals surface area contributed by atoms with Crippen LogP contribution in [0.1, 0.15) is 10.4 Å². The van der Waals surface area contributed by atoms with Gasteiger partial charge in [0.2, 0.25) is 0 Å². The van der Waals surface area contributed by atoms with Gasteiger partial charge >= 0.3 is 0 Å². The summed E-state index contributed by atoms with van der Waals surface area (Å²) in [6.07, 6.45) is 2.65. The molecule has 0 atom stereocenters. The second-order valence-electron chi connectivity index (χ2n) is 6.02. The molecular weight excluding hydrogens is 296 g/mol. The van der Waals surface area contributed by atoms with E-state index >= 15 is 0 Å². The number of nitrogens with one attached hydrogen (secondary N) is 2. The molecule has 5 aromatic rings. The third-order valence-corrected chi connectivity index (χ3v) is 4.69. The van der Waals surface area contributed by atoms with Gasteiger partial charge in [0.05, 0.1) is 11.0 Å². The largest absolute Gasteiger partial charge is 0.359 e. The molecule has 0 aliphatic heterocycles. The predicted octanol–water partition coefficient (Wildman–Crippen LogP) is 5.28. The Morgan fingerprint density at radius 1 is 0.750 bits per heavy atom. The van der Waals surface area contributed by atoms with Gasteiger partial charge in [-0.3, -0.25) is 4.79 Å². The van der Waals surface area contributed by atoms with Gasteiger partial charge in [-0.25, -0.2) is 0 Å². The molecule has 0 fully saturated rings. The maximum Gasteiger partial charge on any atom is 0.152 e. The SMILES string of the molecule is O=Cc1c[nH]c2c1ccc1c3cc(-c4ccccc4)ccc3[nH]c12. The first-order valence-corrected chi connectivity index (χ1v) is 7.91. The van der Waals surface area contributed by atoms with Crippen molar-refractivity contribution in [2.24, 2.45) is 0 Å². The van der Waals surface area contributed by atoms with Gasteiger partial charge in [0.15, 0.2) is 6.29 Å². The summed E-state index contributed by atoms with van der Waals surface area (Å²) in [5.74, 6) is 0. The summed E-state index contributed by atoms with van der Waals surface area (Å²) >= 11 is 0. The number of aldehydes is 1. The number of fused-ring (bicyclic) bond motifs is 5. The van der Waals surface area contributed by atoms with Gasteiger partial charge < -0.3 is 9.97 Å². The second-order valence-corrected chi connectivity index (χ2v) is 6.02. The average molecular weight is 310 g/mol. The first-order chi connectivity index (χ1) is 11.8. The van der Waals surface area contributed by atoms with Crippen LogP contribution in [-0.2, 0) is 0 Å². The van der Waals surface area contributed by atoms with Gasteiger partial charge in [-0.05, 0) is 23.3 Å². The lowest BCUT2D eigenvalue weighted by Crippen LogP contribution is -1.77. The molecule has 24 heavy (non-hydrogen) atoms. The van der Waals surface area contributed by atoms with Crippen LogP contribution in [0, 0.1) is 0 Å². The van der Waals surface area contributed by atoms with Crippen molar-refractivity contribution in [3.63, 3.8) is 0 Å². The summed E-state index contributed by atoms with van der Waals surface area (Å²) in [6.45, 7) is 0. The van der Waals surface area contributed by atoms with Crippen molar-refractivity contribution < 1.29 is 4.79 Å². The normalized spacial score (nSPS) is 11.5. The number of hydrogen-bond acceptors (Lipinski definition) is 1. The number of hydrogen-bond donors (Lipinski definition) is 2. The molecule has 2 N–H and O–H groups in total. The molecule has 0 spiro atoms. The van der Waals surface area contributed by atoms with Gasteiger partial charge in [-0.15, -0.1) is 0 Å². The number of aromatic amines is 2. The van der Waals surface area contributed by atoms with Crippen LogP contribution in [0.3, 0.4) is 0 Å². The first-order valence-electron chi connectivity index (χ1n) is 7.91. The zero-order chi connectivity index (χ0) is 16.1. The maximum atomic E-state index is 11.2. The highest BCUT2D eigenvalue weighted by molar-refractivity contribution is 6.18. The van der Waals surface area contributed by atoms with E-state index in [0.29, 0.717) is 5.56 Å². The van der Waals surface area contributed by atoms with Crippen molar-refractivity contribution in [1.82, 2.24) is 9.97 Å². The Kier molecular flexibility index (Phi) is 2.65. The standard InChI is InChI=1S/C21H14N2O/c24-12-15-11-22-20-16(15)7-8-17-18-10-14(13-4-2-1-3-5-13)6-9-19(18)23-21(17)20/h1-12,22-23H. The molecular formula is C21H14N2O. The Morgan fingerprint density at radius 2 is 1.58 bits per heavy atom. The highest BCUT2D eigenvalue weighted by Crippen LogP contribution is 2.34. The molecule has 0 aliphatic rings. The van der Waals surface area contributed by atoms with Crippen molar-refractivity contribution in [2.75, 3.05) is 0 Å². The van der Waals surface area contributed by atoms with Crippen LogP contribution in [0.4, 0.5) is 0 Å². The zero-order valence-corrected chi connectivity index (χ0v) is 12.8. The van der Waals surface area contributed by atoms with Crippen LogP contribution in [0.5, 0.6) is 0 Å². The molecule has 5 rings (SSSR count). The summed E-state index contributed by atoms with van der Waals surface area (Å²) in [6, 6.07) is 21.0. The minimum absolute atomic E-state index is 0.690. The Bertz CT molecular complexity index is 1210. The second kappa shape index (κ2) is 4.83. The van der Waals surface area contributed by atoms with Crippen molar-refractivity contribution in [1.29, 1.82) is 0 Å². The summed E-state index contributed by atoms with van der Waals surface area (Å²) in [5.41, 5.74) is 6.21. The van der Waals surface area contributed by atoms with Crippen LogP contribution in [0.2, 0.25) is 0 Å². The van der Waals surface area contributed by atoms with E-state index in [0.717, 1.165) is 33.6 Å². The fourth-order valence-corrected chi connectivity index (χ4v) is 3.49. The van der Waals surface area contributed by atoms with Crippen LogP contribution in [0.15, 0.2) is 66.9 Å². The van der Waals surface area contributed by atoms with E-state index in [1.54, 1.807) is 6.20 Å². The minimum Gasteiger partial charge on any atom is -0.359 e. The molecule has 3 nitrogen and oxygen atoms in total. The van der Waals surface area contributed by atoms with Crippen LogP contribution >= 0.6 is 0 Å². The van der Waals surface area contributed by atoms with Crippen LogP contribution < -0.4 is 0 Å². The molecule has 2 aromatic heterocycles. The van der Waals surface area contributed by atoms with Gasteiger partial charge in [0.25, 0.3) is 0 Å². The molecule has 0 saturated heterocycles. The highest BCUT2D eigenvalue weighted by atomic mass is 16.1. The fraction of sp³-hybridized carbons (Fsp3) is 0. The Labute approximate surface area is 137 Å². The van der Waals surface area contributed by atoms with E-state index in [9.17, 15) is 4.79 Å². The summed E-state index contributed by atoms with van der Waals surface area (Å²) in [7, 11) is 0. The van der Waals surface area contributed by atoms with Crippen LogP contribution in [0.25, 0.3) is 43.8 Å². The molecule has 0 saturated carbocycles. The van der Waals surface area contributed by atoms with Crippen molar-refractivity contribution in [2.45, 2.75) is 0 Å². The van der Waals surface area contributed by atoms with Crippen molar-refractivity contribution in [3.05, 3.63) is 72.4 Å². The van der Waals surface area contributed by atoms with E-state index in [-0.39, 0.29) is 0 Å². The Hall–Kier alpha value is -3.33. The lowest BCUT2D eigenvalue weighted by atomic mass is 10.0. The van der Waals surface area contributed by atoms with E-state index in [1.807, 2.05) is 12.1 Å². The maximum absolute atomic E-state index is 11.2. The van der Waals surface area contributed by atoms with E-state index in [1.165, 1.54) is 16.5 Å². The van der Waals surface area contributed by atoms with Crippen molar-refractivity contribution >= 4 is 39.0 Å². The molecule has 2 heterocycles. The number of rotatable bonds is 2. The quantitative estimate of drug-likeness (QED) is 0.428. The monoisotopic (exact) mass is 310 g/mol. The molecule has 0 radical (unpaired) electrons. The summed E-state index contributed by atoms with van der Waals surface area (Å²) < 4.78 is 0. The summed E-state index contributed by atoms with van der Waals surface area (Å²) in [4.78, 5) is 17.9.